The summed E-state index contributed by atoms with van der Waals surface area (Å²) >= 11 is 0. The number of amides is 1. The number of rotatable bonds is 6. The quantitative estimate of drug-likeness (QED) is 0.610. The Bertz CT molecular complexity index is 561. The number of aliphatic imine (C=N–C) groups is 1. The average molecular weight is 333 g/mol. The maximum absolute atomic E-state index is 11.9. The van der Waals surface area contributed by atoms with Crippen molar-refractivity contribution in [3.05, 3.63) is 35.4 Å². The Morgan fingerprint density at radius 2 is 1.67 bits per heavy atom. The minimum absolute atomic E-state index is 0.0119. The van der Waals surface area contributed by atoms with E-state index in [1.807, 2.05) is 24.3 Å². The lowest BCUT2D eigenvalue weighted by Gasteiger charge is -2.33. The summed E-state index contributed by atoms with van der Waals surface area (Å²) in [6.45, 7) is 5.79. The smallest absolute Gasteiger partial charge is 0.253 e. The molecule has 0 fully saturated rings. The van der Waals surface area contributed by atoms with Crippen LogP contribution in [0.4, 0.5) is 0 Å². The van der Waals surface area contributed by atoms with Gasteiger partial charge in [-0.3, -0.25) is 9.79 Å². The molecule has 0 radical (unpaired) electrons. The van der Waals surface area contributed by atoms with Crippen LogP contribution < -0.4 is 10.6 Å². The molecule has 1 amide bonds. The monoisotopic (exact) mass is 333 g/mol. The van der Waals surface area contributed by atoms with Crippen LogP contribution in [-0.4, -0.2) is 69.0 Å². The van der Waals surface area contributed by atoms with Gasteiger partial charge >= 0.3 is 0 Å². The number of benzene rings is 1. The number of hydrogen-bond donors (Lipinski definition) is 2. The van der Waals surface area contributed by atoms with Crippen LogP contribution >= 0.6 is 0 Å². The van der Waals surface area contributed by atoms with Crippen molar-refractivity contribution in [2.24, 2.45) is 4.99 Å². The molecule has 1 rings (SSSR count). The van der Waals surface area contributed by atoms with Crippen molar-refractivity contribution in [1.29, 1.82) is 0 Å². The number of guanidine groups is 1. The predicted octanol–water partition coefficient (Wildman–Crippen LogP) is 1.39. The standard InChI is InChI=1S/C18H31N5O/c1-18(2,23(6)7)13-21-17(19-3)20-12-14-8-10-15(11-9-14)16(24)22(4)5/h8-11H,12-13H2,1-7H3,(H2,19,20,21). The molecule has 0 aliphatic rings. The molecule has 6 nitrogen and oxygen atoms in total. The van der Waals surface area contributed by atoms with E-state index in [2.05, 4.69) is 48.5 Å². The van der Waals surface area contributed by atoms with Crippen molar-refractivity contribution in [2.45, 2.75) is 25.9 Å². The van der Waals surface area contributed by atoms with E-state index >= 15 is 0 Å². The third-order valence-electron chi connectivity index (χ3n) is 4.19. The van der Waals surface area contributed by atoms with Gasteiger partial charge in [0.2, 0.25) is 0 Å². The minimum atomic E-state index is 0.0119. The third-order valence-corrected chi connectivity index (χ3v) is 4.19. The van der Waals surface area contributed by atoms with Crippen LogP contribution in [0, 0.1) is 0 Å². The molecule has 24 heavy (non-hydrogen) atoms. The number of carbonyl (C=O) groups excluding carboxylic acids is 1. The second-order valence-corrected chi connectivity index (χ2v) is 6.88. The summed E-state index contributed by atoms with van der Waals surface area (Å²) in [6.07, 6.45) is 0. The van der Waals surface area contributed by atoms with Crippen molar-refractivity contribution in [3.8, 4) is 0 Å². The lowest BCUT2D eigenvalue weighted by molar-refractivity contribution is 0.0827. The highest BCUT2D eigenvalue weighted by molar-refractivity contribution is 5.93. The van der Waals surface area contributed by atoms with E-state index in [-0.39, 0.29) is 11.4 Å². The van der Waals surface area contributed by atoms with Gasteiger partial charge < -0.3 is 20.4 Å². The first kappa shape index (κ1) is 20.0. The van der Waals surface area contributed by atoms with Crippen LogP contribution in [0.3, 0.4) is 0 Å². The Kier molecular flexibility index (Phi) is 7.22. The fourth-order valence-electron chi connectivity index (χ4n) is 1.89. The van der Waals surface area contributed by atoms with E-state index in [9.17, 15) is 4.79 Å². The predicted molar refractivity (Wildman–Crippen MR) is 100 cm³/mol. The molecule has 0 saturated heterocycles. The molecular weight excluding hydrogens is 302 g/mol. The molecule has 0 aliphatic carbocycles. The van der Waals surface area contributed by atoms with E-state index in [4.69, 9.17) is 0 Å². The van der Waals surface area contributed by atoms with Gasteiger partial charge in [-0.15, -0.1) is 0 Å². The number of nitrogens with one attached hydrogen (secondary N) is 2. The molecule has 0 saturated carbocycles. The second-order valence-electron chi connectivity index (χ2n) is 6.88. The first-order valence-electron chi connectivity index (χ1n) is 8.10. The van der Waals surface area contributed by atoms with Crippen molar-refractivity contribution in [1.82, 2.24) is 20.4 Å². The minimum Gasteiger partial charge on any atom is -0.355 e. The summed E-state index contributed by atoms with van der Waals surface area (Å²) in [5.74, 6) is 0.774. The Balaban J connectivity index is 2.56. The van der Waals surface area contributed by atoms with E-state index in [0.717, 1.165) is 18.1 Å². The second kappa shape index (κ2) is 8.68. The van der Waals surface area contributed by atoms with Crippen LogP contribution in [0.2, 0.25) is 0 Å². The molecule has 1 aromatic carbocycles. The highest BCUT2D eigenvalue weighted by atomic mass is 16.2. The van der Waals surface area contributed by atoms with Gasteiger partial charge in [0.15, 0.2) is 5.96 Å². The fourth-order valence-corrected chi connectivity index (χ4v) is 1.89. The molecular formula is C18H31N5O. The van der Waals surface area contributed by atoms with E-state index < -0.39 is 0 Å². The van der Waals surface area contributed by atoms with Crippen LogP contribution in [-0.2, 0) is 6.54 Å². The largest absolute Gasteiger partial charge is 0.355 e. The maximum atomic E-state index is 11.9. The normalized spacial score (nSPS) is 12.2. The Morgan fingerprint density at radius 3 is 2.12 bits per heavy atom. The third kappa shape index (κ3) is 5.85. The summed E-state index contributed by atoms with van der Waals surface area (Å²) in [5, 5.41) is 6.64. The number of hydrogen-bond acceptors (Lipinski definition) is 3. The highest BCUT2D eigenvalue weighted by Crippen LogP contribution is 2.08. The molecule has 0 heterocycles. The SMILES string of the molecule is CN=C(NCc1ccc(C(=O)N(C)C)cc1)NCC(C)(C)N(C)C. The molecule has 2 N–H and O–H groups in total. The Morgan fingerprint density at radius 1 is 1.08 bits per heavy atom. The van der Waals surface area contributed by atoms with Gasteiger partial charge in [0.1, 0.15) is 0 Å². The zero-order valence-electron chi connectivity index (χ0n) is 16.0. The summed E-state index contributed by atoms with van der Waals surface area (Å²) in [7, 11) is 9.39. The van der Waals surface area contributed by atoms with E-state index in [1.54, 1.807) is 26.0 Å². The first-order valence-corrected chi connectivity index (χ1v) is 8.10. The summed E-state index contributed by atoms with van der Waals surface area (Å²) < 4.78 is 0. The molecule has 134 valence electrons. The van der Waals surface area contributed by atoms with Crippen LogP contribution in [0.25, 0.3) is 0 Å². The molecule has 0 atom stereocenters. The number of nitrogens with zero attached hydrogens (tertiary/aromatic N) is 3. The molecule has 0 spiro atoms. The average Bonchev–Trinajstić information content (AvgIpc) is 2.54. The highest BCUT2D eigenvalue weighted by Gasteiger charge is 2.20. The van der Waals surface area contributed by atoms with Gasteiger partial charge in [-0.1, -0.05) is 12.1 Å². The Labute approximate surface area is 145 Å². The van der Waals surface area contributed by atoms with Crippen molar-refractivity contribution < 1.29 is 4.79 Å². The maximum Gasteiger partial charge on any atom is 0.253 e. The summed E-state index contributed by atoms with van der Waals surface area (Å²) in [4.78, 5) is 19.9. The van der Waals surface area contributed by atoms with Crippen LogP contribution in [0.5, 0.6) is 0 Å². The van der Waals surface area contributed by atoms with Gasteiger partial charge in [-0.25, -0.2) is 0 Å². The van der Waals surface area contributed by atoms with Gasteiger partial charge in [0.05, 0.1) is 0 Å². The van der Waals surface area contributed by atoms with E-state index in [1.165, 1.54) is 0 Å². The zero-order chi connectivity index (χ0) is 18.3. The van der Waals surface area contributed by atoms with Crippen molar-refractivity contribution in [3.63, 3.8) is 0 Å². The van der Waals surface area contributed by atoms with Crippen LogP contribution in [0.15, 0.2) is 29.3 Å². The molecule has 0 aliphatic heterocycles. The van der Waals surface area contributed by atoms with Gasteiger partial charge in [0, 0.05) is 45.3 Å². The topological polar surface area (TPSA) is 60.0 Å². The summed E-state index contributed by atoms with van der Waals surface area (Å²) in [6, 6.07) is 7.62. The lowest BCUT2D eigenvalue weighted by Crippen LogP contribution is -2.50. The number of likely N-dealkylation sites (N-methyl/N-ethyl adjacent to an activating group) is 1. The van der Waals surface area contributed by atoms with Crippen molar-refractivity contribution in [2.75, 3.05) is 41.8 Å². The van der Waals surface area contributed by atoms with E-state index in [0.29, 0.717) is 12.1 Å². The van der Waals surface area contributed by atoms with Gasteiger partial charge in [0.25, 0.3) is 5.91 Å². The number of carbonyl (C=O) groups is 1. The Hall–Kier alpha value is -2.08. The fraction of sp³-hybridized carbons (Fsp3) is 0.556. The van der Waals surface area contributed by atoms with Gasteiger partial charge in [-0.05, 0) is 45.6 Å². The van der Waals surface area contributed by atoms with Crippen molar-refractivity contribution >= 4 is 11.9 Å². The van der Waals surface area contributed by atoms with Gasteiger partial charge in [-0.2, -0.15) is 0 Å². The molecule has 0 bridgehead atoms. The molecule has 1 aromatic rings. The first-order chi connectivity index (χ1) is 11.2. The summed E-state index contributed by atoms with van der Waals surface area (Å²) in [5.41, 5.74) is 1.82. The lowest BCUT2D eigenvalue weighted by atomic mass is 10.0. The molecule has 0 unspecified atom stereocenters. The zero-order valence-corrected chi connectivity index (χ0v) is 16.0. The van der Waals surface area contributed by atoms with Crippen LogP contribution in [0.1, 0.15) is 29.8 Å². The molecule has 6 heteroatoms. The molecule has 0 aromatic heterocycles.